The molecule has 156 valence electrons. The van der Waals surface area contributed by atoms with Crippen LogP contribution < -0.4 is 5.32 Å². The number of thiol groups is 1. The average molecular weight is 436 g/mol. The van der Waals surface area contributed by atoms with Crippen molar-refractivity contribution in [2.45, 2.75) is 12.1 Å². The molecule has 0 saturated carbocycles. The molecule has 8 heteroatoms. The van der Waals surface area contributed by atoms with Crippen molar-refractivity contribution in [1.29, 1.82) is 0 Å². The van der Waals surface area contributed by atoms with Crippen molar-refractivity contribution in [3.63, 3.8) is 0 Å². The van der Waals surface area contributed by atoms with E-state index in [1.807, 2.05) is 44.3 Å². The molecule has 4 aromatic rings. The first-order valence-corrected chi connectivity index (χ1v) is 9.85. The highest BCUT2D eigenvalue weighted by Gasteiger charge is 2.17. The number of carbonyl (C=O) groups excluding carboxylic acids is 1. The van der Waals surface area contributed by atoms with Crippen LogP contribution in [0, 0.1) is 18.6 Å². The third-order valence-corrected chi connectivity index (χ3v) is 5.38. The summed E-state index contributed by atoms with van der Waals surface area (Å²) < 4.78 is 29.4. The zero-order chi connectivity index (χ0) is 22.1. The van der Waals surface area contributed by atoms with Crippen molar-refractivity contribution in [3.05, 3.63) is 83.4 Å². The Labute approximate surface area is 183 Å². The molecule has 0 fully saturated rings. The third kappa shape index (κ3) is 4.06. The van der Waals surface area contributed by atoms with Crippen LogP contribution in [-0.2, 0) is 7.05 Å². The van der Waals surface area contributed by atoms with Crippen LogP contribution in [0.25, 0.3) is 22.5 Å². The number of carbonyl (C=O) groups is 1. The minimum absolute atomic E-state index is 0.429. The molecule has 0 aliphatic carbocycles. The molecule has 0 unspecified atom stereocenters. The van der Waals surface area contributed by atoms with Crippen molar-refractivity contribution in [2.24, 2.45) is 7.05 Å². The van der Waals surface area contributed by atoms with Crippen LogP contribution in [0.15, 0.2) is 65.8 Å². The zero-order valence-electron chi connectivity index (χ0n) is 16.7. The van der Waals surface area contributed by atoms with Gasteiger partial charge in [-0.25, -0.2) is 8.78 Å². The summed E-state index contributed by atoms with van der Waals surface area (Å²) in [4.78, 5) is 12.3. The van der Waals surface area contributed by atoms with E-state index < -0.39 is 23.1 Å². The van der Waals surface area contributed by atoms with Crippen molar-refractivity contribution >= 4 is 24.2 Å². The molecule has 0 atom stereocenters. The zero-order valence-corrected chi connectivity index (χ0v) is 17.6. The number of nitrogens with zero attached hydrogens (tertiary/aromatic N) is 3. The second-order valence-corrected chi connectivity index (χ2v) is 7.44. The summed E-state index contributed by atoms with van der Waals surface area (Å²) >= 11 is 4.27. The van der Waals surface area contributed by atoms with E-state index in [-0.39, 0.29) is 0 Å². The molecule has 0 aliphatic heterocycles. The van der Waals surface area contributed by atoms with Gasteiger partial charge in [-0.05, 0) is 53.9 Å². The Bertz CT molecular complexity index is 1270. The first-order chi connectivity index (χ1) is 14.8. The lowest BCUT2D eigenvalue weighted by Crippen LogP contribution is -2.15. The van der Waals surface area contributed by atoms with Gasteiger partial charge in [-0.3, -0.25) is 4.79 Å². The molecule has 0 saturated heterocycles. The second-order valence-electron chi connectivity index (χ2n) is 7.04. The fraction of sp³-hybridized carbons (Fsp3) is 0.0870. The number of nitrogens with one attached hydrogen (secondary N) is 1. The van der Waals surface area contributed by atoms with Crippen molar-refractivity contribution in [3.8, 4) is 22.5 Å². The maximum atomic E-state index is 13.8. The summed E-state index contributed by atoms with van der Waals surface area (Å²) in [6.07, 6.45) is 0. The second kappa shape index (κ2) is 8.31. The molecule has 0 radical (unpaired) electrons. The number of amides is 1. The predicted octanol–water partition coefficient (Wildman–Crippen LogP) is 5.28. The van der Waals surface area contributed by atoms with Gasteiger partial charge in [0.1, 0.15) is 17.2 Å². The largest absolute Gasteiger partial charge is 0.322 e. The maximum absolute atomic E-state index is 13.8. The predicted molar refractivity (Wildman–Crippen MR) is 118 cm³/mol. The van der Waals surface area contributed by atoms with Gasteiger partial charge in [0.2, 0.25) is 0 Å². The number of benzene rings is 3. The summed E-state index contributed by atoms with van der Waals surface area (Å²) in [5, 5.41) is 11.2. The smallest absolute Gasteiger partial charge is 0.261 e. The third-order valence-electron chi connectivity index (χ3n) is 4.99. The molecule has 0 bridgehead atoms. The summed E-state index contributed by atoms with van der Waals surface area (Å²) in [6.45, 7) is 2.00. The minimum atomic E-state index is -0.908. The molecule has 0 spiro atoms. The van der Waals surface area contributed by atoms with E-state index in [1.165, 1.54) is 6.07 Å². The van der Waals surface area contributed by atoms with Gasteiger partial charge in [-0.1, -0.05) is 30.3 Å². The van der Waals surface area contributed by atoms with E-state index in [1.54, 1.807) is 16.7 Å². The van der Waals surface area contributed by atoms with E-state index in [0.717, 1.165) is 34.4 Å². The summed E-state index contributed by atoms with van der Waals surface area (Å²) in [6, 6.07) is 16.3. The lowest BCUT2D eigenvalue weighted by molar-refractivity contribution is 0.101. The molecule has 1 aromatic heterocycles. The Morgan fingerprint density at radius 2 is 1.61 bits per heavy atom. The number of rotatable bonds is 4. The molecule has 5 nitrogen and oxygen atoms in total. The van der Waals surface area contributed by atoms with E-state index in [9.17, 15) is 13.6 Å². The highest BCUT2D eigenvalue weighted by Crippen LogP contribution is 2.30. The monoisotopic (exact) mass is 436 g/mol. The molecule has 0 aliphatic rings. The van der Waals surface area contributed by atoms with Crippen molar-refractivity contribution in [1.82, 2.24) is 14.8 Å². The Hall–Kier alpha value is -3.52. The maximum Gasteiger partial charge on any atom is 0.261 e. The quantitative estimate of drug-likeness (QED) is 0.428. The summed E-state index contributed by atoms with van der Waals surface area (Å²) in [5.74, 6) is -1.96. The van der Waals surface area contributed by atoms with E-state index in [0.29, 0.717) is 16.7 Å². The lowest BCUT2D eigenvalue weighted by atomic mass is 9.97. The first-order valence-electron chi connectivity index (χ1n) is 9.40. The molecule has 31 heavy (non-hydrogen) atoms. The Morgan fingerprint density at radius 3 is 2.23 bits per heavy atom. The van der Waals surface area contributed by atoms with Gasteiger partial charge in [-0.2, -0.15) is 0 Å². The van der Waals surface area contributed by atoms with Gasteiger partial charge in [0.25, 0.3) is 5.91 Å². The SMILES string of the molecule is Cc1ccc(-c2nnc(S)n2C)cc1-c1ccc(NC(=O)c2c(F)cccc2F)cc1. The minimum Gasteiger partial charge on any atom is -0.322 e. The van der Waals surface area contributed by atoms with Gasteiger partial charge in [-0.15, -0.1) is 22.8 Å². The van der Waals surface area contributed by atoms with Gasteiger partial charge in [0.15, 0.2) is 11.0 Å². The highest BCUT2D eigenvalue weighted by molar-refractivity contribution is 7.80. The fourth-order valence-corrected chi connectivity index (χ4v) is 3.43. The summed E-state index contributed by atoms with van der Waals surface area (Å²) in [7, 11) is 1.84. The van der Waals surface area contributed by atoms with Gasteiger partial charge in [0, 0.05) is 18.3 Å². The van der Waals surface area contributed by atoms with Gasteiger partial charge < -0.3 is 9.88 Å². The molecule has 3 aromatic carbocycles. The van der Waals surface area contributed by atoms with Crippen molar-refractivity contribution < 1.29 is 13.6 Å². The van der Waals surface area contributed by atoms with Gasteiger partial charge in [0.05, 0.1) is 0 Å². The van der Waals surface area contributed by atoms with Crippen molar-refractivity contribution in [2.75, 3.05) is 5.32 Å². The number of aromatic nitrogens is 3. The van der Waals surface area contributed by atoms with Crippen LogP contribution in [0.5, 0.6) is 0 Å². The molecule has 4 rings (SSSR count). The van der Waals surface area contributed by atoms with Crippen LogP contribution in [-0.4, -0.2) is 20.7 Å². The Kier molecular flexibility index (Phi) is 5.56. The van der Waals surface area contributed by atoms with E-state index in [4.69, 9.17) is 0 Å². The number of halogens is 2. The topological polar surface area (TPSA) is 59.8 Å². The lowest BCUT2D eigenvalue weighted by Gasteiger charge is -2.11. The van der Waals surface area contributed by atoms with Crippen LogP contribution in [0.3, 0.4) is 0 Å². The number of hydrogen-bond acceptors (Lipinski definition) is 4. The van der Waals surface area contributed by atoms with Crippen LogP contribution >= 0.6 is 12.6 Å². The summed E-state index contributed by atoms with van der Waals surface area (Å²) in [5.41, 5.74) is 3.67. The first kappa shape index (κ1) is 20.7. The molecule has 1 amide bonds. The van der Waals surface area contributed by atoms with E-state index >= 15 is 0 Å². The van der Waals surface area contributed by atoms with E-state index in [2.05, 4.69) is 28.1 Å². The molecule has 1 N–H and O–H groups in total. The Balaban J connectivity index is 1.61. The van der Waals surface area contributed by atoms with Crippen LogP contribution in [0.4, 0.5) is 14.5 Å². The Morgan fingerprint density at radius 1 is 0.968 bits per heavy atom. The van der Waals surface area contributed by atoms with Crippen LogP contribution in [0.1, 0.15) is 15.9 Å². The fourth-order valence-electron chi connectivity index (χ4n) is 3.29. The average Bonchev–Trinajstić information content (AvgIpc) is 3.07. The van der Waals surface area contributed by atoms with Gasteiger partial charge >= 0.3 is 0 Å². The normalized spacial score (nSPS) is 10.9. The number of hydrogen-bond donors (Lipinski definition) is 2. The highest BCUT2D eigenvalue weighted by atomic mass is 32.1. The molecular formula is C23H18F2N4OS. The number of aryl methyl sites for hydroxylation is 1. The molecule has 1 heterocycles. The number of anilines is 1. The van der Waals surface area contributed by atoms with Crippen LogP contribution in [0.2, 0.25) is 0 Å². The molecular weight excluding hydrogens is 418 g/mol. The standard InChI is InChI=1S/C23H18F2N4OS/c1-13-6-7-15(21-27-28-23(31)29(21)2)12-17(13)14-8-10-16(11-9-14)26-22(30)20-18(24)4-3-5-19(20)25/h3-12H,1-2H3,(H,26,30)(H,28,31).